The van der Waals surface area contributed by atoms with Gasteiger partial charge in [0.05, 0.1) is 7.11 Å². The standard InChI is InChI=1S/C19H25NO4/c1-10(2)9-14(19(22)23-6)20-18(21)17-13(5)15-11(3)7-8-12(4)16(15)24-17/h7-8,10,14H,9H2,1-6H3,(H,20,21). The maximum Gasteiger partial charge on any atom is 0.328 e. The highest BCUT2D eigenvalue weighted by atomic mass is 16.5. The molecule has 5 heteroatoms. The predicted octanol–water partition coefficient (Wildman–Crippen LogP) is 3.68. The number of rotatable bonds is 5. The molecule has 24 heavy (non-hydrogen) atoms. The summed E-state index contributed by atoms with van der Waals surface area (Å²) in [6, 6.07) is 3.30. The van der Waals surface area contributed by atoms with Crippen LogP contribution in [0.2, 0.25) is 0 Å². The minimum absolute atomic E-state index is 0.246. The van der Waals surface area contributed by atoms with Crippen LogP contribution in [0.3, 0.4) is 0 Å². The van der Waals surface area contributed by atoms with Crippen LogP contribution in [0, 0.1) is 26.7 Å². The Morgan fingerprint density at radius 2 is 1.79 bits per heavy atom. The number of hydrogen-bond acceptors (Lipinski definition) is 4. The third-order valence-electron chi connectivity index (χ3n) is 4.19. The maximum absolute atomic E-state index is 12.7. The molecule has 0 radical (unpaired) electrons. The summed E-state index contributed by atoms with van der Waals surface area (Å²) >= 11 is 0. The van der Waals surface area contributed by atoms with E-state index in [2.05, 4.69) is 5.32 Å². The second-order valence-corrected chi connectivity index (χ2v) is 6.64. The van der Waals surface area contributed by atoms with Gasteiger partial charge in [-0.3, -0.25) is 4.79 Å². The zero-order valence-electron chi connectivity index (χ0n) is 15.1. The lowest BCUT2D eigenvalue weighted by atomic mass is 10.0. The van der Waals surface area contributed by atoms with Crippen LogP contribution in [0.5, 0.6) is 0 Å². The van der Waals surface area contributed by atoms with Gasteiger partial charge in [-0.2, -0.15) is 0 Å². The van der Waals surface area contributed by atoms with Gasteiger partial charge >= 0.3 is 5.97 Å². The Balaban J connectivity index is 2.37. The van der Waals surface area contributed by atoms with Crippen molar-refractivity contribution in [2.75, 3.05) is 7.11 Å². The van der Waals surface area contributed by atoms with Crippen molar-refractivity contribution < 1.29 is 18.7 Å². The fraction of sp³-hybridized carbons (Fsp3) is 0.474. The smallest absolute Gasteiger partial charge is 0.328 e. The van der Waals surface area contributed by atoms with Gasteiger partial charge in [-0.15, -0.1) is 0 Å². The zero-order valence-corrected chi connectivity index (χ0v) is 15.1. The van der Waals surface area contributed by atoms with Crippen molar-refractivity contribution in [3.05, 3.63) is 34.6 Å². The summed E-state index contributed by atoms with van der Waals surface area (Å²) in [4.78, 5) is 24.6. The number of esters is 1. The van der Waals surface area contributed by atoms with Crippen molar-refractivity contribution in [1.29, 1.82) is 0 Å². The third kappa shape index (κ3) is 3.45. The Hall–Kier alpha value is -2.30. The van der Waals surface area contributed by atoms with Gasteiger partial charge in [-0.1, -0.05) is 26.0 Å². The number of methoxy groups -OCH3 is 1. The van der Waals surface area contributed by atoms with E-state index in [0.29, 0.717) is 6.42 Å². The summed E-state index contributed by atoms with van der Waals surface area (Å²) in [5.74, 6) is -0.340. The molecule has 0 bridgehead atoms. The molecule has 0 saturated carbocycles. The largest absolute Gasteiger partial charge is 0.467 e. The van der Waals surface area contributed by atoms with Gasteiger partial charge in [0.1, 0.15) is 11.6 Å². The van der Waals surface area contributed by atoms with E-state index in [1.54, 1.807) is 0 Å². The molecule has 5 nitrogen and oxygen atoms in total. The zero-order chi connectivity index (χ0) is 18.0. The molecule has 1 amide bonds. The van der Waals surface area contributed by atoms with E-state index in [-0.39, 0.29) is 11.7 Å². The first kappa shape index (κ1) is 18.0. The van der Waals surface area contributed by atoms with Crippen LogP contribution >= 0.6 is 0 Å². The van der Waals surface area contributed by atoms with Crippen LogP contribution in [0.15, 0.2) is 16.5 Å². The Bertz CT molecular complexity index is 773. The summed E-state index contributed by atoms with van der Waals surface area (Å²) in [5.41, 5.74) is 3.54. The fourth-order valence-corrected chi connectivity index (χ4v) is 2.94. The molecule has 2 rings (SSSR count). The molecule has 0 aliphatic rings. The van der Waals surface area contributed by atoms with E-state index in [9.17, 15) is 9.59 Å². The number of nitrogens with one attached hydrogen (secondary N) is 1. The molecular weight excluding hydrogens is 306 g/mol. The average Bonchev–Trinajstić information content (AvgIpc) is 2.88. The van der Waals surface area contributed by atoms with Crippen LogP contribution in [0.25, 0.3) is 11.0 Å². The van der Waals surface area contributed by atoms with Gasteiger partial charge in [-0.25, -0.2) is 4.79 Å². The quantitative estimate of drug-likeness (QED) is 0.849. The van der Waals surface area contributed by atoms with E-state index in [0.717, 1.165) is 27.7 Å². The van der Waals surface area contributed by atoms with E-state index in [1.807, 2.05) is 46.8 Å². The number of benzene rings is 1. The molecule has 130 valence electrons. The van der Waals surface area contributed by atoms with Crippen molar-refractivity contribution >= 4 is 22.8 Å². The molecule has 1 N–H and O–H groups in total. The van der Waals surface area contributed by atoms with Gasteiger partial charge in [0, 0.05) is 10.9 Å². The van der Waals surface area contributed by atoms with Gasteiger partial charge in [-0.05, 0) is 44.2 Å². The lowest BCUT2D eigenvalue weighted by molar-refractivity contribution is -0.143. The number of amides is 1. The van der Waals surface area contributed by atoms with E-state index in [4.69, 9.17) is 9.15 Å². The molecule has 0 aliphatic carbocycles. The average molecular weight is 331 g/mol. The molecule has 2 aromatic rings. The van der Waals surface area contributed by atoms with Crippen LogP contribution in [-0.2, 0) is 9.53 Å². The van der Waals surface area contributed by atoms with Crippen LogP contribution in [-0.4, -0.2) is 25.0 Å². The summed E-state index contributed by atoms with van der Waals surface area (Å²) < 4.78 is 10.6. The van der Waals surface area contributed by atoms with Crippen molar-refractivity contribution in [1.82, 2.24) is 5.32 Å². The van der Waals surface area contributed by atoms with Crippen LogP contribution in [0.1, 0.15) is 47.5 Å². The Kier molecular flexibility index (Phi) is 5.32. The first-order valence-corrected chi connectivity index (χ1v) is 8.14. The highest BCUT2D eigenvalue weighted by molar-refractivity contribution is 6.01. The lowest BCUT2D eigenvalue weighted by Gasteiger charge is -2.17. The number of hydrogen-bond donors (Lipinski definition) is 1. The SMILES string of the molecule is COC(=O)C(CC(C)C)NC(=O)c1oc2c(C)ccc(C)c2c1C. The highest BCUT2D eigenvalue weighted by Gasteiger charge is 2.26. The number of carbonyl (C=O) groups is 2. The van der Waals surface area contributed by atoms with Crippen LogP contribution in [0.4, 0.5) is 0 Å². The molecular formula is C19H25NO4. The first-order valence-electron chi connectivity index (χ1n) is 8.14. The molecule has 1 unspecified atom stereocenters. The number of aryl methyl sites for hydroxylation is 3. The summed E-state index contributed by atoms with van der Waals surface area (Å²) in [6.45, 7) is 9.77. The topological polar surface area (TPSA) is 68.5 Å². The molecule has 0 aliphatic heterocycles. The van der Waals surface area contributed by atoms with Crippen molar-refractivity contribution in [2.45, 2.75) is 47.1 Å². The molecule has 1 aromatic heterocycles. The van der Waals surface area contributed by atoms with E-state index < -0.39 is 17.9 Å². The monoisotopic (exact) mass is 331 g/mol. The van der Waals surface area contributed by atoms with Crippen LogP contribution < -0.4 is 5.32 Å². The third-order valence-corrected chi connectivity index (χ3v) is 4.19. The van der Waals surface area contributed by atoms with Gasteiger partial charge < -0.3 is 14.5 Å². The second kappa shape index (κ2) is 7.07. The number of carbonyl (C=O) groups excluding carboxylic acids is 2. The Labute approximate surface area is 142 Å². The molecule has 1 heterocycles. The minimum Gasteiger partial charge on any atom is -0.467 e. The fourth-order valence-electron chi connectivity index (χ4n) is 2.94. The molecule has 0 spiro atoms. The van der Waals surface area contributed by atoms with Gasteiger partial charge in [0.25, 0.3) is 5.91 Å². The minimum atomic E-state index is -0.683. The number of ether oxygens (including phenoxy) is 1. The van der Waals surface area contributed by atoms with E-state index in [1.165, 1.54) is 7.11 Å². The second-order valence-electron chi connectivity index (χ2n) is 6.64. The Morgan fingerprint density at radius 1 is 1.17 bits per heavy atom. The maximum atomic E-state index is 12.7. The van der Waals surface area contributed by atoms with Gasteiger partial charge in [0.2, 0.25) is 0 Å². The summed E-state index contributed by atoms with van der Waals surface area (Å²) in [7, 11) is 1.32. The predicted molar refractivity (Wildman–Crippen MR) is 93.2 cm³/mol. The number of fused-ring (bicyclic) bond motifs is 1. The normalized spacial score (nSPS) is 12.5. The summed E-state index contributed by atoms with van der Waals surface area (Å²) in [5, 5.41) is 3.71. The first-order chi connectivity index (χ1) is 11.3. The molecule has 0 fully saturated rings. The van der Waals surface area contributed by atoms with Crippen molar-refractivity contribution in [3.63, 3.8) is 0 Å². The van der Waals surface area contributed by atoms with Crippen molar-refractivity contribution in [2.24, 2.45) is 5.92 Å². The molecule has 1 aromatic carbocycles. The molecule has 0 saturated heterocycles. The van der Waals surface area contributed by atoms with Gasteiger partial charge in [0.15, 0.2) is 5.76 Å². The highest BCUT2D eigenvalue weighted by Crippen LogP contribution is 2.30. The summed E-state index contributed by atoms with van der Waals surface area (Å²) in [6.07, 6.45) is 0.510. The number of furan rings is 1. The lowest BCUT2D eigenvalue weighted by Crippen LogP contribution is -2.42. The molecule has 1 atom stereocenters. The van der Waals surface area contributed by atoms with E-state index >= 15 is 0 Å². The van der Waals surface area contributed by atoms with Crippen molar-refractivity contribution in [3.8, 4) is 0 Å². The Morgan fingerprint density at radius 3 is 2.33 bits per heavy atom.